The summed E-state index contributed by atoms with van der Waals surface area (Å²) in [6, 6.07) is 13.8. The van der Waals surface area contributed by atoms with E-state index in [9.17, 15) is 13.2 Å². The van der Waals surface area contributed by atoms with Gasteiger partial charge in [0.1, 0.15) is 0 Å². The summed E-state index contributed by atoms with van der Waals surface area (Å²) in [4.78, 5) is 12.1. The highest BCUT2D eigenvalue weighted by Gasteiger charge is 2.14. The molecule has 1 amide bonds. The van der Waals surface area contributed by atoms with E-state index in [1.54, 1.807) is 42.5 Å². The normalized spacial score (nSPS) is 11.2. The number of hydrogen-bond donors (Lipinski definition) is 2. The lowest BCUT2D eigenvalue weighted by atomic mass is 10.1. The van der Waals surface area contributed by atoms with Crippen LogP contribution in [-0.2, 0) is 10.0 Å². The van der Waals surface area contributed by atoms with Crippen LogP contribution in [0.2, 0.25) is 0 Å². The van der Waals surface area contributed by atoms with Crippen molar-refractivity contribution in [2.24, 2.45) is 0 Å². The Balaban J connectivity index is 1.88. The van der Waals surface area contributed by atoms with Crippen LogP contribution < -0.4 is 10.0 Å². The van der Waals surface area contributed by atoms with Gasteiger partial charge in [-0.2, -0.15) is 0 Å². The standard InChI is InChI=1S/C17H20N2O3S/c1-13-8-9-16(12-14(13)2)23(21,22)19-11-10-18-17(20)15-6-4-3-5-7-15/h3-9,12,19H,10-11H2,1-2H3,(H,18,20). The highest BCUT2D eigenvalue weighted by molar-refractivity contribution is 7.89. The monoisotopic (exact) mass is 332 g/mol. The minimum absolute atomic E-state index is 0.133. The van der Waals surface area contributed by atoms with Gasteiger partial charge < -0.3 is 5.32 Å². The van der Waals surface area contributed by atoms with Crippen LogP contribution in [0.15, 0.2) is 53.4 Å². The van der Waals surface area contributed by atoms with Crippen molar-refractivity contribution in [1.82, 2.24) is 10.0 Å². The summed E-state index contributed by atoms with van der Waals surface area (Å²) in [5.41, 5.74) is 2.51. The number of aryl methyl sites for hydroxylation is 2. The molecule has 23 heavy (non-hydrogen) atoms. The number of carbonyl (C=O) groups is 1. The number of sulfonamides is 1. The van der Waals surface area contributed by atoms with Crippen molar-refractivity contribution < 1.29 is 13.2 Å². The highest BCUT2D eigenvalue weighted by Crippen LogP contribution is 2.14. The van der Waals surface area contributed by atoms with Crippen molar-refractivity contribution in [2.45, 2.75) is 18.7 Å². The van der Waals surface area contributed by atoms with E-state index >= 15 is 0 Å². The zero-order valence-corrected chi connectivity index (χ0v) is 14.0. The molecular formula is C17H20N2O3S. The van der Waals surface area contributed by atoms with Crippen molar-refractivity contribution in [3.05, 3.63) is 65.2 Å². The van der Waals surface area contributed by atoms with E-state index in [-0.39, 0.29) is 23.9 Å². The van der Waals surface area contributed by atoms with Crippen LogP contribution in [0.5, 0.6) is 0 Å². The molecule has 0 aliphatic carbocycles. The van der Waals surface area contributed by atoms with Crippen molar-refractivity contribution in [2.75, 3.05) is 13.1 Å². The summed E-state index contributed by atoms with van der Waals surface area (Å²) in [5, 5.41) is 2.68. The van der Waals surface area contributed by atoms with E-state index in [0.717, 1.165) is 11.1 Å². The molecule has 0 bridgehead atoms. The van der Waals surface area contributed by atoms with Gasteiger partial charge in [-0.15, -0.1) is 0 Å². The SMILES string of the molecule is Cc1ccc(S(=O)(=O)NCCNC(=O)c2ccccc2)cc1C. The molecule has 5 nitrogen and oxygen atoms in total. The minimum atomic E-state index is -3.56. The van der Waals surface area contributed by atoms with Crippen LogP contribution >= 0.6 is 0 Å². The molecule has 2 rings (SSSR count). The van der Waals surface area contributed by atoms with Gasteiger partial charge in [-0.05, 0) is 49.2 Å². The fraction of sp³-hybridized carbons (Fsp3) is 0.235. The molecule has 0 radical (unpaired) electrons. The Kier molecular flexibility index (Phi) is 5.52. The maximum atomic E-state index is 12.2. The minimum Gasteiger partial charge on any atom is -0.351 e. The zero-order valence-electron chi connectivity index (χ0n) is 13.2. The molecule has 0 saturated heterocycles. The maximum Gasteiger partial charge on any atom is 0.251 e. The van der Waals surface area contributed by atoms with Crippen molar-refractivity contribution in [3.63, 3.8) is 0 Å². The third-order valence-electron chi connectivity index (χ3n) is 3.53. The summed E-state index contributed by atoms with van der Waals surface area (Å²) >= 11 is 0. The van der Waals surface area contributed by atoms with Gasteiger partial charge in [0.05, 0.1) is 4.90 Å². The van der Waals surface area contributed by atoms with Crippen LogP contribution in [0.3, 0.4) is 0 Å². The molecule has 0 heterocycles. The Bertz CT molecular complexity index is 787. The Morgan fingerprint density at radius 3 is 2.30 bits per heavy atom. The third-order valence-corrected chi connectivity index (χ3v) is 4.99. The number of rotatable bonds is 6. The van der Waals surface area contributed by atoms with Gasteiger partial charge in [-0.1, -0.05) is 24.3 Å². The molecule has 0 aliphatic heterocycles. The lowest BCUT2D eigenvalue weighted by Crippen LogP contribution is -2.34. The van der Waals surface area contributed by atoms with E-state index in [2.05, 4.69) is 10.0 Å². The Hall–Kier alpha value is -2.18. The lowest BCUT2D eigenvalue weighted by Gasteiger charge is -2.09. The summed E-state index contributed by atoms with van der Waals surface area (Å²) in [7, 11) is -3.56. The summed E-state index contributed by atoms with van der Waals surface area (Å²) < 4.78 is 26.9. The quantitative estimate of drug-likeness (QED) is 0.795. The van der Waals surface area contributed by atoms with Crippen molar-refractivity contribution >= 4 is 15.9 Å². The summed E-state index contributed by atoms with van der Waals surface area (Å²) in [6.07, 6.45) is 0. The molecule has 122 valence electrons. The average Bonchev–Trinajstić information content (AvgIpc) is 2.54. The van der Waals surface area contributed by atoms with Crippen LogP contribution in [-0.4, -0.2) is 27.4 Å². The van der Waals surface area contributed by atoms with Crippen LogP contribution in [0.1, 0.15) is 21.5 Å². The summed E-state index contributed by atoms with van der Waals surface area (Å²) in [5.74, 6) is -0.226. The second kappa shape index (κ2) is 7.39. The smallest absolute Gasteiger partial charge is 0.251 e. The molecule has 0 aromatic heterocycles. The van der Waals surface area contributed by atoms with E-state index < -0.39 is 10.0 Å². The lowest BCUT2D eigenvalue weighted by molar-refractivity contribution is 0.0954. The predicted molar refractivity (Wildman–Crippen MR) is 89.9 cm³/mol. The second-order valence-electron chi connectivity index (χ2n) is 5.27. The topological polar surface area (TPSA) is 75.3 Å². The van der Waals surface area contributed by atoms with Crippen LogP contribution in [0, 0.1) is 13.8 Å². The zero-order chi connectivity index (χ0) is 16.9. The largest absolute Gasteiger partial charge is 0.351 e. The number of carbonyl (C=O) groups excluding carboxylic acids is 1. The molecule has 0 spiro atoms. The third kappa shape index (κ3) is 4.64. The molecular weight excluding hydrogens is 312 g/mol. The van der Waals surface area contributed by atoms with E-state index in [0.29, 0.717) is 5.56 Å². The molecule has 6 heteroatoms. The van der Waals surface area contributed by atoms with Gasteiger partial charge in [0.2, 0.25) is 10.0 Å². The van der Waals surface area contributed by atoms with Gasteiger partial charge in [0.15, 0.2) is 0 Å². The van der Waals surface area contributed by atoms with Crippen molar-refractivity contribution in [3.8, 4) is 0 Å². The predicted octanol–water partition coefficient (Wildman–Crippen LogP) is 2.01. The van der Waals surface area contributed by atoms with Crippen LogP contribution in [0.4, 0.5) is 0 Å². The average molecular weight is 332 g/mol. The second-order valence-corrected chi connectivity index (χ2v) is 7.03. The van der Waals surface area contributed by atoms with Gasteiger partial charge in [0.25, 0.3) is 5.91 Å². The first kappa shape index (κ1) is 17.2. The molecule has 0 saturated carbocycles. The van der Waals surface area contributed by atoms with E-state index in [4.69, 9.17) is 0 Å². The molecule has 0 unspecified atom stereocenters. The Morgan fingerprint density at radius 1 is 0.957 bits per heavy atom. The number of amides is 1. The number of benzene rings is 2. The highest BCUT2D eigenvalue weighted by atomic mass is 32.2. The van der Waals surface area contributed by atoms with E-state index in [1.807, 2.05) is 19.9 Å². The first-order valence-corrected chi connectivity index (χ1v) is 8.78. The van der Waals surface area contributed by atoms with Gasteiger partial charge >= 0.3 is 0 Å². The van der Waals surface area contributed by atoms with Crippen molar-refractivity contribution in [1.29, 1.82) is 0 Å². The molecule has 2 aromatic carbocycles. The number of hydrogen-bond acceptors (Lipinski definition) is 3. The fourth-order valence-corrected chi connectivity index (χ4v) is 3.13. The fourth-order valence-electron chi connectivity index (χ4n) is 2.02. The Morgan fingerprint density at radius 2 is 1.65 bits per heavy atom. The molecule has 2 N–H and O–H groups in total. The number of nitrogens with one attached hydrogen (secondary N) is 2. The molecule has 2 aromatic rings. The van der Waals surface area contributed by atoms with Crippen LogP contribution in [0.25, 0.3) is 0 Å². The van der Waals surface area contributed by atoms with Gasteiger partial charge in [-0.25, -0.2) is 13.1 Å². The maximum absolute atomic E-state index is 12.2. The molecule has 0 fully saturated rings. The summed E-state index contributed by atoms with van der Waals surface area (Å²) in [6.45, 7) is 4.15. The van der Waals surface area contributed by atoms with Gasteiger partial charge in [-0.3, -0.25) is 4.79 Å². The first-order valence-electron chi connectivity index (χ1n) is 7.30. The molecule has 0 atom stereocenters. The first-order chi connectivity index (χ1) is 10.9. The van der Waals surface area contributed by atoms with E-state index in [1.165, 1.54) is 0 Å². The molecule has 0 aliphatic rings. The Labute approximate surface area is 136 Å². The van der Waals surface area contributed by atoms with Gasteiger partial charge in [0, 0.05) is 18.7 Å².